The van der Waals surface area contributed by atoms with Crippen LogP contribution in [-0.4, -0.2) is 29.5 Å². The van der Waals surface area contributed by atoms with E-state index in [-0.39, 0.29) is 24.2 Å². The van der Waals surface area contributed by atoms with Gasteiger partial charge in [-0.3, -0.25) is 9.59 Å². The van der Waals surface area contributed by atoms with Crippen LogP contribution < -0.4 is 10.6 Å². The van der Waals surface area contributed by atoms with Crippen molar-refractivity contribution in [3.63, 3.8) is 0 Å². The number of rotatable bonds is 10. The Morgan fingerprint density at radius 2 is 1.69 bits per heavy atom. The molecule has 186 valence electrons. The number of carbonyl (C=O) groups is 2. The van der Waals surface area contributed by atoms with Gasteiger partial charge in [-0.15, -0.1) is 0 Å². The zero-order valence-electron chi connectivity index (χ0n) is 20.5. The molecule has 3 aromatic carbocycles. The number of fused-ring (bicyclic) bond motifs is 1. The van der Waals surface area contributed by atoms with Crippen LogP contribution in [0.3, 0.4) is 0 Å². The highest BCUT2D eigenvalue weighted by Gasteiger charge is 2.17. The first-order chi connectivity index (χ1) is 17.4. The van der Waals surface area contributed by atoms with Crippen molar-refractivity contribution in [1.82, 2.24) is 9.88 Å². The molecule has 1 aromatic heterocycles. The summed E-state index contributed by atoms with van der Waals surface area (Å²) in [6.07, 6.45) is 0. The first-order valence-electron chi connectivity index (χ1n) is 12.0. The molecule has 0 aliphatic heterocycles. The molecule has 0 unspecified atom stereocenters. The van der Waals surface area contributed by atoms with E-state index < -0.39 is 0 Å². The lowest BCUT2D eigenvalue weighted by Crippen LogP contribution is -2.29. The number of aromatic nitrogens is 1. The van der Waals surface area contributed by atoms with E-state index in [1.54, 1.807) is 18.2 Å². The second-order valence-corrected chi connectivity index (χ2v) is 9.15. The van der Waals surface area contributed by atoms with Crippen LogP contribution in [-0.2, 0) is 22.7 Å². The van der Waals surface area contributed by atoms with Gasteiger partial charge < -0.3 is 19.9 Å². The highest BCUT2D eigenvalue weighted by atomic mass is 19.1. The van der Waals surface area contributed by atoms with Gasteiger partial charge in [-0.1, -0.05) is 56.3 Å². The molecule has 0 fully saturated rings. The molecule has 0 aliphatic carbocycles. The predicted octanol–water partition coefficient (Wildman–Crippen LogP) is 5.37. The third kappa shape index (κ3) is 6.58. The normalized spacial score (nSPS) is 11.1. The van der Waals surface area contributed by atoms with Gasteiger partial charge in [0.25, 0.3) is 5.91 Å². The average Bonchev–Trinajstić information content (AvgIpc) is 3.22. The molecule has 36 heavy (non-hydrogen) atoms. The van der Waals surface area contributed by atoms with Gasteiger partial charge in [-0.05, 0) is 53.4 Å². The van der Waals surface area contributed by atoms with E-state index in [2.05, 4.69) is 10.6 Å². The van der Waals surface area contributed by atoms with E-state index in [1.807, 2.05) is 66.9 Å². The molecule has 0 atom stereocenters. The Morgan fingerprint density at radius 3 is 2.42 bits per heavy atom. The fraction of sp³-hybridized carbons (Fsp3) is 0.241. The van der Waals surface area contributed by atoms with Crippen LogP contribution in [0.5, 0.6) is 0 Å². The second kappa shape index (κ2) is 11.6. The summed E-state index contributed by atoms with van der Waals surface area (Å²) >= 11 is 0. The largest absolute Gasteiger partial charge is 0.367 e. The van der Waals surface area contributed by atoms with Gasteiger partial charge in [0.2, 0.25) is 5.91 Å². The molecule has 1 heterocycles. The summed E-state index contributed by atoms with van der Waals surface area (Å²) in [6.45, 7) is 5.32. The highest BCUT2D eigenvalue weighted by Crippen LogP contribution is 2.25. The SMILES string of the molecule is CC(C)CNC(=O)c1cc2cc(NC(=O)COCc3ccccc3)ccc2n1Cc1ccc(F)cc1. The number of anilines is 1. The Hall–Kier alpha value is -3.97. The first kappa shape index (κ1) is 25.1. The van der Waals surface area contributed by atoms with Crippen LogP contribution in [0.4, 0.5) is 10.1 Å². The van der Waals surface area contributed by atoms with Crippen LogP contribution >= 0.6 is 0 Å². The van der Waals surface area contributed by atoms with Gasteiger partial charge in [0, 0.05) is 29.7 Å². The fourth-order valence-corrected chi connectivity index (χ4v) is 3.90. The summed E-state index contributed by atoms with van der Waals surface area (Å²) in [5, 5.41) is 6.65. The minimum atomic E-state index is -0.306. The lowest BCUT2D eigenvalue weighted by molar-refractivity contribution is -0.121. The topological polar surface area (TPSA) is 72.4 Å². The van der Waals surface area contributed by atoms with Gasteiger partial charge in [0.05, 0.1) is 6.61 Å². The summed E-state index contributed by atoms with van der Waals surface area (Å²) in [5.74, 6) is -0.429. The van der Waals surface area contributed by atoms with Crippen LogP contribution in [0.25, 0.3) is 10.9 Å². The number of benzene rings is 3. The maximum absolute atomic E-state index is 13.4. The summed E-state index contributed by atoms with van der Waals surface area (Å²) in [4.78, 5) is 25.4. The standard InChI is InChI=1S/C29H30FN3O3/c1-20(2)16-31-29(35)27-15-23-14-25(32-28(34)19-36-18-22-6-4-3-5-7-22)12-13-26(23)33(27)17-21-8-10-24(30)11-9-21/h3-15,20H,16-19H2,1-2H3,(H,31,35)(H,32,34). The van der Waals surface area contributed by atoms with Gasteiger partial charge in [-0.2, -0.15) is 0 Å². The van der Waals surface area contributed by atoms with Crippen LogP contribution in [0.2, 0.25) is 0 Å². The van der Waals surface area contributed by atoms with E-state index in [1.165, 1.54) is 12.1 Å². The van der Waals surface area contributed by atoms with E-state index in [4.69, 9.17) is 4.74 Å². The average molecular weight is 488 g/mol. The molecule has 0 saturated carbocycles. The number of hydrogen-bond donors (Lipinski definition) is 2. The molecule has 0 bridgehead atoms. The summed E-state index contributed by atoms with van der Waals surface area (Å²) in [6, 6.07) is 23.2. The summed E-state index contributed by atoms with van der Waals surface area (Å²) in [7, 11) is 0. The number of carbonyl (C=O) groups excluding carboxylic acids is 2. The third-order valence-corrected chi connectivity index (χ3v) is 5.69. The molecule has 2 N–H and O–H groups in total. The Morgan fingerprint density at radius 1 is 0.944 bits per heavy atom. The van der Waals surface area contributed by atoms with E-state index in [0.717, 1.165) is 22.0 Å². The third-order valence-electron chi connectivity index (χ3n) is 5.69. The maximum Gasteiger partial charge on any atom is 0.267 e. The number of nitrogens with zero attached hydrogens (tertiary/aromatic N) is 1. The monoisotopic (exact) mass is 487 g/mol. The lowest BCUT2D eigenvalue weighted by atomic mass is 10.2. The number of halogens is 1. The minimum Gasteiger partial charge on any atom is -0.367 e. The molecule has 0 spiro atoms. The molecule has 4 aromatic rings. The van der Waals surface area contributed by atoms with Crippen LogP contribution in [0, 0.1) is 11.7 Å². The molecule has 0 radical (unpaired) electrons. The number of amides is 2. The smallest absolute Gasteiger partial charge is 0.267 e. The van der Waals surface area contributed by atoms with E-state index in [9.17, 15) is 14.0 Å². The molecule has 7 heteroatoms. The van der Waals surface area contributed by atoms with Crippen LogP contribution in [0.1, 0.15) is 35.5 Å². The molecule has 2 amide bonds. The molecule has 4 rings (SSSR count). The number of ether oxygens (including phenoxy) is 1. The van der Waals surface area contributed by atoms with Crippen molar-refractivity contribution in [2.24, 2.45) is 5.92 Å². The highest BCUT2D eigenvalue weighted by molar-refractivity contribution is 6.00. The molecule has 0 aliphatic rings. The van der Waals surface area contributed by atoms with Gasteiger partial charge in [0.15, 0.2) is 0 Å². The summed E-state index contributed by atoms with van der Waals surface area (Å²) in [5.41, 5.74) is 3.83. The van der Waals surface area contributed by atoms with Crippen LogP contribution in [0.15, 0.2) is 78.9 Å². The van der Waals surface area contributed by atoms with Crippen molar-refractivity contribution in [1.29, 1.82) is 0 Å². The molecular weight excluding hydrogens is 457 g/mol. The van der Waals surface area contributed by atoms with Crippen molar-refractivity contribution in [3.05, 3.63) is 102 Å². The Bertz CT molecular complexity index is 1330. The lowest BCUT2D eigenvalue weighted by Gasteiger charge is -2.13. The second-order valence-electron chi connectivity index (χ2n) is 9.15. The van der Waals surface area contributed by atoms with E-state index in [0.29, 0.717) is 37.0 Å². The molecule has 0 saturated heterocycles. The quantitative estimate of drug-likeness (QED) is 0.316. The maximum atomic E-state index is 13.4. The van der Waals surface area contributed by atoms with Crippen molar-refractivity contribution >= 4 is 28.4 Å². The number of nitrogens with one attached hydrogen (secondary N) is 2. The number of hydrogen-bond acceptors (Lipinski definition) is 3. The van der Waals surface area contributed by atoms with Gasteiger partial charge in [-0.25, -0.2) is 4.39 Å². The predicted molar refractivity (Wildman–Crippen MR) is 139 cm³/mol. The van der Waals surface area contributed by atoms with Crippen molar-refractivity contribution in [2.75, 3.05) is 18.5 Å². The first-order valence-corrected chi connectivity index (χ1v) is 12.0. The molecule has 6 nitrogen and oxygen atoms in total. The fourth-order valence-electron chi connectivity index (χ4n) is 3.90. The zero-order chi connectivity index (χ0) is 25.5. The minimum absolute atomic E-state index is 0.0681. The molecular formula is C29H30FN3O3. The van der Waals surface area contributed by atoms with Crippen molar-refractivity contribution in [3.8, 4) is 0 Å². The van der Waals surface area contributed by atoms with Gasteiger partial charge in [0.1, 0.15) is 18.1 Å². The Kier molecular flexibility index (Phi) is 8.13. The van der Waals surface area contributed by atoms with Crippen molar-refractivity contribution in [2.45, 2.75) is 27.0 Å². The zero-order valence-corrected chi connectivity index (χ0v) is 20.5. The Labute approximate surface area is 210 Å². The van der Waals surface area contributed by atoms with Gasteiger partial charge >= 0.3 is 0 Å². The Balaban J connectivity index is 1.52. The van der Waals surface area contributed by atoms with E-state index >= 15 is 0 Å². The van der Waals surface area contributed by atoms with Crippen molar-refractivity contribution < 1.29 is 18.7 Å². The summed E-state index contributed by atoms with van der Waals surface area (Å²) < 4.78 is 20.8.